The van der Waals surface area contributed by atoms with Crippen LogP contribution in [0.3, 0.4) is 0 Å². The number of hydrogen-bond donors (Lipinski definition) is 2. The second-order valence-corrected chi connectivity index (χ2v) is 5.05. The summed E-state index contributed by atoms with van der Waals surface area (Å²) in [5, 5.41) is 14.2. The van der Waals surface area contributed by atoms with Crippen molar-refractivity contribution in [1.29, 1.82) is 0 Å². The molecule has 96 valence electrons. The summed E-state index contributed by atoms with van der Waals surface area (Å²) in [6.07, 6.45) is 3.78. The van der Waals surface area contributed by atoms with Crippen LogP contribution in [0.2, 0.25) is 0 Å². The van der Waals surface area contributed by atoms with Gasteiger partial charge in [0, 0.05) is 4.47 Å². The third kappa shape index (κ3) is 3.40. The van der Waals surface area contributed by atoms with Gasteiger partial charge in [-0.1, -0.05) is 41.1 Å². The summed E-state index contributed by atoms with van der Waals surface area (Å²) in [4.78, 5) is 0. The molecule has 0 bridgehead atoms. The normalized spacial score (nSPS) is 12.6. The highest BCUT2D eigenvalue weighted by Gasteiger charge is 2.15. The molecule has 0 fully saturated rings. The Hall–Kier alpha value is -1.20. The van der Waals surface area contributed by atoms with Crippen LogP contribution in [0.15, 0.2) is 34.9 Å². The highest BCUT2D eigenvalue weighted by atomic mass is 79.9. The van der Waals surface area contributed by atoms with Gasteiger partial charge in [0.25, 0.3) is 0 Å². The van der Waals surface area contributed by atoms with Crippen molar-refractivity contribution in [2.24, 2.45) is 0 Å². The molecule has 18 heavy (non-hydrogen) atoms. The van der Waals surface area contributed by atoms with Crippen LogP contribution in [0, 0.1) is 0 Å². The highest BCUT2D eigenvalue weighted by Crippen LogP contribution is 2.22. The zero-order valence-corrected chi connectivity index (χ0v) is 11.9. The fraction of sp³-hybridized carbons (Fsp3) is 0.385. The molecule has 4 nitrogen and oxygen atoms in total. The van der Waals surface area contributed by atoms with Gasteiger partial charge in [-0.2, -0.15) is 15.4 Å². The van der Waals surface area contributed by atoms with Crippen molar-refractivity contribution in [3.63, 3.8) is 0 Å². The second-order valence-electron chi connectivity index (χ2n) is 4.20. The predicted octanol–water partition coefficient (Wildman–Crippen LogP) is 2.85. The van der Waals surface area contributed by atoms with Crippen LogP contribution in [0.25, 0.3) is 0 Å². The Labute approximate surface area is 115 Å². The summed E-state index contributed by atoms with van der Waals surface area (Å²) in [6, 6.07) is 8.47. The number of aromatic nitrogens is 3. The van der Waals surface area contributed by atoms with E-state index in [2.05, 4.69) is 61.8 Å². The van der Waals surface area contributed by atoms with E-state index in [0.717, 1.165) is 29.6 Å². The molecule has 0 spiro atoms. The summed E-state index contributed by atoms with van der Waals surface area (Å²) in [6.45, 7) is 3.13. The first-order valence-corrected chi connectivity index (χ1v) is 6.93. The summed E-state index contributed by atoms with van der Waals surface area (Å²) in [5.74, 6) is 0. The maximum Gasteiger partial charge on any atom is 0.0997 e. The van der Waals surface area contributed by atoms with Crippen molar-refractivity contribution in [2.45, 2.75) is 25.8 Å². The van der Waals surface area contributed by atoms with Crippen LogP contribution in [-0.2, 0) is 6.42 Å². The van der Waals surface area contributed by atoms with Crippen molar-refractivity contribution >= 4 is 15.9 Å². The molecular formula is C13H17BrN4. The zero-order chi connectivity index (χ0) is 12.8. The minimum absolute atomic E-state index is 0.197. The molecule has 1 atom stereocenters. The van der Waals surface area contributed by atoms with Gasteiger partial charge in [0.2, 0.25) is 0 Å². The maximum absolute atomic E-state index is 4.18. The Kier molecular flexibility index (Phi) is 4.90. The molecule has 5 heteroatoms. The van der Waals surface area contributed by atoms with Crippen LogP contribution in [0.1, 0.15) is 30.6 Å². The first kappa shape index (κ1) is 13.2. The lowest BCUT2D eigenvalue weighted by Crippen LogP contribution is -2.24. The molecule has 1 unspecified atom stereocenters. The Balaban J connectivity index is 2.13. The molecule has 1 heterocycles. The Morgan fingerprint density at radius 3 is 2.89 bits per heavy atom. The van der Waals surface area contributed by atoms with Gasteiger partial charge in [0.1, 0.15) is 0 Å². The number of H-pyrrole nitrogens is 1. The molecule has 0 aliphatic rings. The molecule has 0 saturated heterocycles. The van der Waals surface area contributed by atoms with Crippen LogP contribution < -0.4 is 5.32 Å². The SMILES string of the molecule is CCCNC(Cc1ccccc1Br)c1cn[nH]n1. The lowest BCUT2D eigenvalue weighted by Gasteiger charge is -2.16. The molecular weight excluding hydrogens is 292 g/mol. The van der Waals surface area contributed by atoms with E-state index in [0.29, 0.717) is 0 Å². The van der Waals surface area contributed by atoms with Crippen LogP contribution in [0.5, 0.6) is 0 Å². The molecule has 2 rings (SSSR count). The fourth-order valence-electron chi connectivity index (χ4n) is 1.86. The van der Waals surface area contributed by atoms with Gasteiger partial charge in [0.05, 0.1) is 17.9 Å². The number of aromatic amines is 1. The minimum atomic E-state index is 0.197. The lowest BCUT2D eigenvalue weighted by atomic mass is 10.0. The number of nitrogens with one attached hydrogen (secondary N) is 2. The summed E-state index contributed by atoms with van der Waals surface area (Å²) < 4.78 is 1.14. The number of halogens is 1. The number of nitrogens with zero attached hydrogens (tertiary/aromatic N) is 2. The van der Waals surface area contributed by atoms with Crippen molar-refractivity contribution in [3.05, 3.63) is 46.2 Å². The third-order valence-electron chi connectivity index (χ3n) is 2.81. The largest absolute Gasteiger partial charge is 0.308 e. The van der Waals surface area contributed by atoms with E-state index in [4.69, 9.17) is 0 Å². The number of benzene rings is 1. The van der Waals surface area contributed by atoms with Gasteiger partial charge in [-0.25, -0.2) is 0 Å². The number of hydrogen-bond acceptors (Lipinski definition) is 3. The van der Waals surface area contributed by atoms with Crippen LogP contribution in [0.4, 0.5) is 0 Å². The predicted molar refractivity (Wildman–Crippen MR) is 75.3 cm³/mol. The monoisotopic (exact) mass is 308 g/mol. The van der Waals surface area contributed by atoms with Gasteiger partial charge >= 0.3 is 0 Å². The van der Waals surface area contributed by atoms with E-state index in [1.165, 1.54) is 5.56 Å². The average molecular weight is 309 g/mol. The van der Waals surface area contributed by atoms with E-state index in [1.807, 2.05) is 6.07 Å². The third-order valence-corrected chi connectivity index (χ3v) is 3.59. The van der Waals surface area contributed by atoms with Gasteiger partial charge in [0.15, 0.2) is 0 Å². The van der Waals surface area contributed by atoms with Crippen molar-refractivity contribution < 1.29 is 0 Å². The standard InChI is InChI=1S/C13H17BrN4/c1-2-7-15-12(13-9-16-18-17-13)8-10-5-3-4-6-11(10)14/h3-6,9,12,15H,2,7-8H2,1H3,(H,16,17,18). The second kappa shape index (κ2) is 6.66. The maximum atomic E-state index is 4.18. The Morgan fingerprint density at radius 2 is 2.22 bits per heavy atom. The Bertz CT molecular complexity index is 470. The van der Waals surface area contributed by atoms with Crippen molar-refractivity contribution in [2.75, 3.05) is 6.54 Å². The quantitative estimate of drug-likeness (QED) is 0.863. The molecule has 0 aliphatic carbocycles. The summed E-state index contributed by atoms with van der Waals surface area (Å²) >= 11 is 3.58. The number of rotatable bonds is 6. The molecule has 0 amide bonds. The lowest BCUT2D eigenvalue weighted by molar-refractivity contribution is 0.516. The Morgan fingerprint density at radius 1 is 1.39 bits per heavy atom. The molecule has 1 aromatic heterocycles. The smallest absolute Gasteiger partial charge is 0.0997 e. The molecule has 0 radical (unpaired) electrons. The molecule has 2 N–H and O–H groups in total. The van der Waals surface area contributed by atoms with Gasteiger partial charge < -0.3 is 5.32 Å². The molecule has 0 saturated carbocycles. The van der Waals surface area contributed by atoms with E-state index >= 15 is 0 Å². The first-order chi connectivity index (χ1) is 8.81. The molecule has 0 aliphatic heterocycles. The van der Waals surface area contributed by atoms with E-state index in [-0.39, 0.29) is 6.04 Å². The van der Waals surface area contributed by atoms with Crippen LogP contribution >= 0.6 is 15.9 Å². The van der Waals surface area contributed by atoms with Crippen molar-refractivity contribution in [3.8, 4) is 0 Å². The summed E-state index contributed by atoms with van der Waals surface area (Å²) in [7, 11) is 0. The average Bonchev–Trinajstić information content (AvgIpc) is 2.90. The van der Waals surface area contributed by atoms with E-state index in [1.54, 1.807) is 6.20 Å². The van der Waals surface area contributed by atoms with Crippen molar-refractivity contribution in [1.82, 2.24) is 20.7 Å². The highest BCUT2D eigenvalue weighted by molar-refractivity contribution is 9.10. The van der Waals surface area contributed by atoms with Gasteiger partial charge in [-0.3, -0.25) is 0 Å². The minimum Gasteiger partial charge on any atom is -0.308 e. The van der Waals surface area contributed by atoms with Crippen LogP contribution in [-0.4, -0.2) is 22.0 Å². The fourth-order valence-corrected chi connectivity index (χ4v) is 2.31. The summed E-state index contributed by atoms with van der Waals surface area (Å²) in [5.41, 5.74) is 2.23. The van der Waals surface area contributed by atoms with Gasteiger partial charge in [-0.05, 0) is 31.0 Å². The molecule has 2 aromatic rings. The van der Waals surface area contributed by atoms with E-state index in [9.17, 15) is 0 Å². The van der Waals surface area contributed by atoms with Gasteiger partial charge in [-0.15, -0.1) is 0 Å². The molecule has 1 aromatic carbocycles. The first-order valence-electron chi connectivity index (χ1n) is 6.13. The van der Waals surface area contributed by atoms with E-state index < -0.39 is 0 Å². The topological polar surface area (TPSA) is 53.6 Å². The zero-order valence-electron chi connectivity index (χ0n) is 10.4.